The van der Waals surface area contributed by atoms with Gasteiger partial charge in [-0.1, -0.05) is 24.3 Å². The summed E-state index contributed by atoms with van der Waals surface area (Å²) in [7, 11) is 0. The van der Waals surface area contributed by atoms with Crippen LogP contribution in [0, 0.1) is 0 Å². The normalized spacial score (nSPS) is 20.1. The highest BCUT2D eigenvalue weighted by atomic mass is 16.2. The molecule has 0 aliphatic carbocycles. The Morgan fingerprint density at radius 3 is 2.81 bits per heavy atom. The van der Waals surface area contributed by atoms with Gasteiger partial charge in [0, 0.05) is 24.7 Å². The first kappa shape index (κ1) is 16.4. The standard InChI is InChI=1S/C21H23N5O/c27-21(20-8-7-16-5-1-2-6-19(16)23-20)25-14-17-9-10-22-26(17)18(15-25)13-24-11-3-4-12-24/h1-2,5-10,18H,3-4,11-15H2/t18-/m0/s1. The van der Waals surface area contributed by atoms with E-state index in [2.05, 4.69) is 19.7 Å². The maximum atomic E-state index is 13.2. The van der Waals surface area contributed by atoms with E-state index in [-0.39, 0.29) is 11.9 Å². The zero-order valence-electron chi connectivity index (χ0n) is 15.3. The van der Waals surface area contributed by atoms with Crippen LogP contribution in [-0.2, 0) is 6.54 Å². The third-order valence-corrected chi connectivity index (χ3v) is 5.65. The van der Waals surface area contributed by atoms with Crippen molar-refractivity contribution in [1.82, 2.24) is 24.6 Å². The van der Waals surface area contributed by atoms with Gasteiger partial charge in [-0.15, -0.1) is 0 Å². The average molecular weight is 361 g/mol. The molecular formula is C21H23N5O. The minimum atomic E-state index is -0.000347. The van der Waals surface area contributed by atoms with Gasteiger partial charge in [-0.3, -0.25) is 9.48 Å². The molecule has 1 aromatic carbocycles. The van der Waals surface area contributed by atoms with Crippen molar-refractivity contribution in [2.75, 3.05) is 26.2 Å². The third-order valence-electron chi connectivity index (χ3n) is 5.65. The molecule has 0 spiro atoms. The van der Waals surface area contributed by atoms with Gasteiger partial charge < -0.3 is 9.80 Å². The van der Waals surface area contributed by atoms with E-state index in [4.69, 9.17) is 0 Å². The molecule has 3 aromatic rings. The molecule has 0 N–H and O–H groups in total. The molecule has 0 saturated carbocycles. The SMILES string of the molecule is O=C(c1ccc2ccccc2n1)N1Cc2ccnn2[C@@H](CN2CCCC2)C1. The Morgan fingerprint density at radius 1 is 1.07 bits per heavy atom. The largest absolute Gasteiger partial charge is 0.329 e. The summed E-state index contributed by atoms with van der Waals surface area (Å²) < 4.78 is 2.11. The zero-order chi connectivity index (χ0) is 18.2. The summed E-state index contributed by atoms with van der Waals surface area (Å²) in [6.45, 7) is 4.51. The second kappa shape index (κ2) is 6.78. The highest BCUT2D eigenvalue weighted by Gasteiger charge is 2.31. The highest BCUT2D eigenvalue weighted by Crippen LogP contribution is 2.24. The van der Waals surface area contributed by atoms with E-state index in [0.29, 0.717) is 18.8 Å². The number of rotatable bonds is 3. The Hall–Kier alpha value is -2.73. The molecule has 5 rings (SSSR count). The zero-order valence-corrected chi connectivity index (χ0v) is 15.3. The summed E-state index contributed by atoms with van der Waals surface area (Å²) in [4.78, 5) is 22.2. The Bertz CT molecular complexity index is 975. The third kappa shape index (κ3) is 3.10. The maximum Gasteiger partial charge on any atom is 0.272 e. The van der Waals surface area contributed by atoms with E-state index < -0.39 is 0 Å². The van der Waals surface area contributed by atoms with Crippen LogP contribution < -0.4 is 0 Å². The number of para-hydroxylation sites is 1. The molecule has 138 valence electrons. The van der Waals surface area contributed by atoms with E-state index >= 15 is 0 Å². The van der Waals surface area contributed by atoms with Crippen molar-refractivity contribution in [2.24, 2.45) is 0 Å². The molecule has 6 nitrogen and oxygen atoms in total. The predicted molar refractivity (Wildman–Crippen MR) is 103 cm³/mol. The second-order valence-corrected chi connectivity index (χ2v) is 7.50. The number of aromatic nitrogens is 3. The fraction of sp³-hybridized carbons (Fsp3) is 0.381. The number of benzene rings is 1. The molecule has 2 aromatic heterocycles. The van der Waals surface area contributed by atoms with Gasteiger partial charge in [0.1, 0.15) is 5.69 Å². The number of carbonyl (C=O) groups is 1. The molecule has 1 amide bonds. The van der Waals surface area contributed by atoms with E-state index in [1.54, 1.807) is 0 Å². The van der Waals surface area contributed by atoms with Crippen LogP contribution in [0.4, 0.5) is 0 Å². The van der Waals surface area contributed by atoms with Crippen LogP contribution in [0.5, 0.6) is 0 Å². The van der Waals surface area contributed by atoms with Crippen molar-refractivity contribution in [1.29, 1.82) is 0 Å². The number of carbonyl (C=O) groups excluding carboxylic acids is 1. The Kier molecular flexibility index (Phi) is 4.13. The van der Waals surface area contributed by atoms with Crippen molar-refractivity contribution in [3.05, 3.63) is 60.0 Å². The van der Waals surface area contributed by atoms with Crippen LogP contribution in [0.25, 0.3) is 10.9 Å². The first-order valence-corrected chi connectivity index (χ1v) is 9.68. The van der Waals surface area contributed by atoms with E-state index in [0.717, 1.165) is 36.2 Å². The second-order valence-electron chi connectivity index (χ2n) is 7.50. The molecule has 0 unspecified atom stereocenters. The van der Waals surface area contributed by atoms with Gasteiger partial charge in [-0.05, 0) is 44.1 Å². The van der Waals surface area contributed by atoms with Crippen molar-refractivity contribution in [3.8, 4) is 0 Å². The van der Waals surface area contributed by atoms with E-state index in [1.807, 2.05) is 53.6 Å². The summed E-state index contributed by atoms with van der Waals surface area (Å²) in [5.41, 5.74) is 2.47. The molecule has 0 radical (unpaired) electrons. The summed E-state index contributed by atoms with van der Waals surface area (Å²) in [6, 6.07) is 13.9. The lowest BCUT2D eigenvalue weighted by Crippen LogP contribution is -2.45. The maximum absolute atomic E-state index is 13.2. The summed E-state index contributed by atoms with van der Waals surface area (Å²) in [5.74, 6) is -0.000347. The Morgan fingerprint density at radius 2 is 1.93 bits per heavy atom. The number of nitrogens with zero attached hydrogens (tertiary/aromatic N) is 5. The Balaban J connectivity index is 1.41. The molecular weight excluding hydrogens is 338 g/mol. The van der Waals surface area contributed by atoms with Gasteiger partial charge in [-0.2, -0.15) is 5.10 Å². The summed E-state index contributed by atoms with van der Waals surface area (Å²) >= 11 is 0. The lowest BCUT2D eigenvalue weighted by molar-refractivity contribution is 0.0641. The molecule has 6 heteroatoms. The Labute approximate surface area is 158 Å². The number of pyridine rings is 1. The first-order valence-electron chi connectivity index (χ1n) is 9.68. The molecule has 1 atom stereocenters. The smallest absolute Gasteiger partial charge is 0.272 e. The van der Waals surface area contributed by atoms with E-state index in [9.17, 15) is 4.79 Å². The van der Waals surface area contributed by atoms with Crippen LogP contribution in [-0.4, -0.2) is 56.7 Å². The quantitative estimate of drug-likeness (QED) is 0.720. The average Bonchev–Trinajstić information content (AvgIpc) is 3.38. The highest BCUT2D eigenvalue weighted by molar-refractivity contribution is 5.95. The molecule has 1 fully saturated rings. The predicted octanol–water partition coefficient (Wildman–Crippen LogP) is 2.72. The van der Waals surface area contributed by atoms with Crippen molar-refractivity contribution >= 4 is 16.8 Å². The van der Waals surface area contributed by atoms with Gasteiger partial charge in [0.25, 0.3) is 5.91 Å². The van der Waals surface area contributed by atoms with Gasteiger partial charge in [0.05, 0.1) is 23.8 Å². The number of fused-ring (bicyclic) bond motifs is 2. The lowest BCUT2D eigenvalue weighted by Gasteiger charge is -2.35. The number of hydrogen-bond donors (Lipinski definition) is 0. The molecule has 0 bridgehead atoms. The molecule has 2 aliphatic rings. The molecule has 27 heavy (non-hydrogen) atoms. The number of likely N-dealkylation sites (tertiary alicyclic amines) is 1. The van der Waals surface area contributed by atoms with Crippen molar-refractivity contribution < 1.29 is 4.79 Å². The van der Waals surface area contributed by atoms with Crippen LogP contribution in [0.15, 0.2) is 48.7 Å². The molecule has 4 heterocycles. The number of amides is 1. The van der Waals surface area contributed by atoms with Crippen LogP contribution in [0.3, 0.4) is 0 Å². The van der Waals surface area contributed by atoms with Crippen molar-refractivity contribution in [3.63, 3.8) is 0 Å². The fourth-order valence-electron chi connectivity index (χ4n) is 4.29. The summed E-state index contributed by atoms with van der Waals surface area (Å²) in [6.07, 6.45) is 4.37. The number of hydrogen-bond acceptors (Lipinski definition) is 4. The minimum absolute atomic E-state index is 0.000347. The van der Waals surface area contributed by atoms with Crippen LogP contribution in [0.2, 0.25) is 0 Å². The summed E-state index contributed by atoms with van der Waals surface area (Å²) in [5, 5.41) is 5.58. The monoisotopic (exact) mass is 361 g/mol. The van der Waals surface area contributed by atoms with Gasteiger partial charge in [-0.25, -0.2) is 4.98 Å². The van der Waals surface area contributed by atoms with E-state index in [1.165, 1.54) is 12.8 Å². The lowest BCUT2D eigenvalue weighted by atomic mass is 10.1. The minimum Gasteiger partial charge on any atom is -0.329 e. The molecule has 2 aliphatic heterocycles. The topological polar surface area (TPSA) is 54.3 Å². The van der Waals surface area contributed by atoms with Crippen LogP contribution >= 0.6 is 0 Å². The van der Waals surface area contributed by atoms with Crippen LogP contribution in [0.1, 0.15) is 35.1 Å². The first-order chi connectivity index (χ1) is 13.3. The van der Waals surface area contributed by atoms with Gasteiger partial charge in [0.2, 0.25) is 0 Å². The van der Waals surface area contributed by atoms with Gasteiger partial charge >= 0.3 is 0 Å². The van der Waals surface area contributed by atoms with Gasteiger partial charge in [0.15, 0.2) is 0 Å². The van der Waals surface area contributed by atoms with Crippen molar-refractivity contribution in [2.45, 2.75) is 25.4 Å². The fourth-order valence-corrected chi connectivity index (χ4v) is 4.29. The molecule has 1 saturated heterocycles.